The first kappa shape index (κ1) is 17.9. The lowest BCUT2D eigenvalue weighted by atomic mass is 9.99. The number of methoxy groups -OCH3 is 2. The molecule has 24 heavy (non-hydrogen) atoms. The molecule has 2 aromatic carbocycles. The summed E-state index contributed by atoms with van der Waals surface area (Å²) in [5, 5.41) is 2.99. The molecule has 2 rings (SSSR count). The Morgan fingerprint density at radius 2 is 1.71 bits per heavy atom. The molecule has 4 heteroatoms. The van der Waals surface area contributed by atoms with Crippen LogP contribution >= 0.6 is 0 Å². The SMILES string of the molecule is COc1ccc(CC(C)C(=O)Nc2ccc(C)c(C)c2)cc1OC. The smallest absolute Gasteiger partial charge is 0.227 e. The highest BCUT2D eigenvalue weighted by molar-refractivity contribution is 5.92. The summed E-state index contributed by atoms with van der Waals surface area (Å²) in [6, 6.07) is 11.7. The summed E-state index contributed by atoms with van der Waals surface area (Å²) in [5.41, 5.74) is 4.25. The molecule has 0 aromatic heterocycles. The van der Waals surface area contributed by atoms with Crippen LogP contribution in [0, 0.1) is 19.8 Å². The zero-order chi connectivity index (χ0) is 17.7. The van der Waals surface area contributed by atoms with Crippen molar-refractivity contribution in [3.05, 3.63) is 53.1 Å². The topological polar surface area (TPSA) is 47.6 Å². The minimum atomic E-state index is -0.148. The molecular formula is C20H25NO3. The van der Waals surface area contributed by atoms with Crippen molar-refractivity contribution in [2.45, 2.75) is 27.2 Å². The fourth-order valence-corrected chi connectivity index (χ4v) is 2.54. The van der Waals surface area contributed by atoms with E-state index in [-0.39, 0.29) is 11.8 Å². The van der Waals surface area contributed by atoms with Crippen LogP contribution in [0.2, 0.25) is 0 Å². The molecule has 4 nitrogen and oxygen atoms in total. The van der Waals surface area contributed by atoms with Crippen LogP contribution in [0.4, 0.5) is 5.69 Å². The largest absolute Gasteiger partial charge is 0.493 e. The van der Waals surface area contributed by atoms with E-state index in [2.05, 4.69) is 12.2 Å². The first-order chi connectivity index (χ1) is 11.4. The van der Waals surface area contributed by atoms with E-state index in [1.165, 1.54) is 11.1 Å². The van der Waals surface area contributed by atoms with E-state index < -0.39 is 0 Å². The van der Waals surface area contributed by atoms with Crippen LogP contribution in [0.3, 0.4) is 0 Å². The number of benzene rings is 2. The van der Waals surface area contributed by atoms with Gasteiger partial charge < -0.3 is 14.8 Å². The minimum Gasteiger partial charge on any atom is -0.493 e. The van der Waals surface area contributed by atoms with Crippen LogP contribution in [-0.2, 0) is 11.2 Å². The molecule has 1 N–H and O–H groups in total. The lowest BCUT2D eigenvalue weighted by Gasteiger charge is -2.15. The van der Waals surface area contributed by atoms with Gasteiger partial charge in [-0.3, -0.25) is 4.79 Å². The number of rotatable bonds is 6. The predicted molar refractivity (Wildman–Crippen MR) is 97.0 cm³/mol. The lowest BCUT2D eigenvalue weighted by molar-refractivity contribution is -0.119. The van der Waals surface area contributed by atoms with E-state index in [1.807, 2.05) is 50.2 Å². The number of carbonyl (C=O) groups excluding carboxylic acids is 1. The molecule has 0 fully saturated rings. The summed E-state index contributed by atoms with van der Waals surface area (Å²) in [6.07, 6.45) is 0.636. The van der Waals surface area contributed by atoms with Crippen molar-refractivity contribution >= 4 is 11.6 Å². The second-order valence-corrected chi connectivity index (χ2v) is 6.08. The van der Waals surface area contributed by atoms with Crippen LogP contribution in [0.15, 0.2) is 36.4 Å². The van der Waals surface area contributed by atoms with Gasteiger partial charge >= 0.3 is 0 Å². The number of hydrogen-bond acceptors (Lipinski definition) is 3. The third-order valence-corrected chi connectivity index (χ3v) is 4.21. The van der Waals surface area contributed by atoms with E-state index >= 15 is 0 Å². The first-order valence-corrected chi connectivity index (χ1v) is 8.03. The second kappa shape index (κ2) is 7.86. The van der Waals surface area contributed by atoms with Gasteiger partial charge in [0, 0.05) is 11.6 Å². The molecule has 0 radical (unpaired) electrons. The molecule has 0 heterocycles. The number of ether oxygens (including phenoxy) is 2. The Morgan fingerprint density at radius 3 is 2.33 bits per heavy atom. The van der Waals surface area contributed by atoms with Crippen molar-refractivity contribution in [1.82, 2.24) is 0 Å². The number of aryl methyl sites for hydroxylation is 2. The Bertz CT molecular complexity index is 725. The Hall–Kier alpha value is -2.49. The maximum atomic E-state index is 12.4. The number of carbonyl (C=O) groups is 1. The number of hydrogen-bond donors (Lipinski definition) is 1. The maximum Gasteiger partial charge on any atom is 0.227 e. The molecule has 0 bridgehead atoms. The molecule has 0 aliphatic rings. The van der Waals surface area contributed by atoms with E-state index in [0.29, 0.717) is 17.9 Å². The maximum absolute atomic E-state index is 12.4. The fourth-order valence-electron chi connectivity index (χ4n) is 2.54. The molecule has 0 spiro atoms. The quantitative estimate of drug-likeness (QED) is 0.867. The van der Waals surface area contributed by atoms with Gasteiger partial charge in [-0.15, -0.1) is 0 Å². The Balaban J connectivity index is 2.04. The summed E-state index contributed by atoms with van der Waals surface area (Å²) in [5.74, 6) is 1.23. The van der Waals surface area contributed by atoms with Crippen molar-refractivity contribution in [1.29, 1.82) is 0 Å². The summed E-state index contributed by atoms with van der Waals surface area (Å²) < 4.78 is 10.6. The zero-order valence-corrected chi connectivity index (χ0v) is 15.0. The third kappa shape index (κ3) is 4.28. The van der Waals surface area contributed by atoms with E-state index in [9.17, 15) is 4.79 Å². The van der Waals surface area contributed by atoms with Gasteiger partial charge in [-0.25, -0.2) is 0 Å². The molecule has 1 unspecified atom stereocenters. The van der Waals surface area contributed by atoms with Crippen LogP contribution < -0.4 is 14.8 Å². The summed E-state index contributed by atoms with van der Waals surface area (Å²) in [6.45, 7) is 6.02. The summed E-state index contributed by atoms with van der Waals surface area (Å²) in [4.78, 5) is 12.4. The Kier molecular flexibility index (Phi) is 5.85. The number of amides is 1. The first-order valence-electron chi connectivity index (χ1n) is 8.03. The molecule has 1 atom stereocenters. The van der Waals surface area contributed by atoms with Crippen molar-refractivity contribution < 1.29 is 14.3 Å². The summed E-state index contributed by atoms with van der Waals surface area (Å²) in [7, 11) is 3.22. The Labute approximate surface area is 143 Å². The van der Waals surface area contributed by atoms with Crippen LogP contribution in [0.1, 0.15) is 23.6 Å². The third-order valence-electron chi connectivity index (χ3n) is 4.21. The van der Waals surface area contributed by atoms with Crippen LogP contribution in [-0.4, -0.2) is 20.1 Å². The van der Waals surface area contributed by atoms with Crippen molar-refractivity contribution in [3.63, 3.8) is 0 Å². The normalized spacial score (nSPS) is 11.7. The van der Waals surface area contributed by atoms with Gasteiger partial charge in [-0.2, -0.15) is 0 Å². The van der Waals surface area contributed by atoms with Crippen molar-refractivity contribution in [2.75, 3.05) is 19.5 Å². The predicted octanol–water partition coefficient (Wildman–Crippen LogP) is 4.14. The average molecular weight is 327 g/mol. The van der Waals surface area contributed by atoms with Gasteiger partial charge in [0.2, 0.25) is 5.91 Å². The van der Waals surface area contributed by atoms with Crippen LogP contribution in [0.5, 0.6) is 11.5 Å². The monoisotopic (exact) mass is 327 g/mol. The van der Waals surface area contributed by atoms with Gasteiger partial charge in [0.25, 0.3) is 0 Å². The van der Waals surface area contributed by atoms with E-state index in [4.69, 9.17) is 9.47 Å². The van der Waals surface area contributed by atoms with E-state index in [0.717, 1.165) is 11.3 Å². The standard InChI is InChI=1S/C20H25NO3/c1-13-6-8-17(11-14(13)2)21-20(22)15(3)10-16-7-9-18(23-4)19(12-16)24-5/h6-9,11-12,15H,10H2,1-5H3,(H,21,22). The number of anilines is 1. The van der Waals surface area contributed by atoms with Crippen molar-refractivity contribution in [2.24, 2.45) is 5.92 Å². The molecule has 2 aromatic rings. The highest BCUT2D eigenvalue weighted by atomic mass is 16.5. The minimum absolute atomic E-state index is 0.00744. The molecule has 0 aliphatic carbocycles. The van der Waals surface area contributed by atoms with E-state index in [1.54, 1.807) is 14.2 Å². The fraction of sp³-hybridized carbons (Fsp3) is 0.350. The molecule has 1 amide bonds. The van der Waals surface area contributed by atoms with Gasteiger partial charge in [0.05, 0.1) is 14.2 Å². The lowest BCUT2D eigenvalue weighted by Crippen LogP contribution is -2.22. The molecule has 128 valence electrons. The average Bonchev–Trinajstić information content (AvgIpc) is 2.57. The van der Waals surface area contributed by atoms with Gasteiger partial charge in [-0.1, -0.05) is 19.1 Å². The number of nitrogens with one attached hydrogen (secondary N) is 1. The van der Waals surface area contributed by atoms with Gasteiger partial charge in [-0.05, 0) is 61.2 Å². The summed E-state index contributed by atoms with van der Waals surface area (Å²) >= 11 is 0. The zero-order valence-electron chi connectivity index (χ0n) is 15.0. The second-order valence-electron chi connectivity index (χ2n) is 6.08. The molecular weight excluding hydrogens is 302 g/mol. The van der Waals surface area contributed by atoms with Crippen LogP contribution in [0.25, 0.3) is 0 Å². The van der Waals surface area contributed by atoms with Gasteiger partial charge in [0.15, 0.2) is 11.5 Å². The van der Waals surface area contributed by atoms with Crippen molar-refractivity contribution in [3.8, 4) is 11.5 Å². The Morgan fingerprint density at radius 1 is 1.00 bits per heavy atom. The molecule has 0 aliphatic heterocycles. The molecule has 0 saturated carbocycles. The highest BCUT2D eigenvalue weighted by Gasteiger charge is 2.15. The molecule has 0 saturated heterocycles. The van der Waals surface area contributed by atoms with Gasteiger partial charge in [0.1, 0.15) is 0 Å². The highest BCUT2D eigenvalue weighted by Crippen LogP contribution is 2.28.